The van der Waals surface area contributed by atoms with Crippen molar-refractivity contribution in [1.82, 2.24) is 0 Å². The monoisotopic (exact) mass is 136 g/mol. The maximum absolute atomic E-state index is 9.79. The Bertz CT molecular complexity index is 236. The molecule has 0 aliphatic rings. The van der Waals surface area contributed by atoms with Crippen LogP contribution in [0.3, 0.4) is 0 Å². The third-order valence-electron chi connectivity index (χ3n) is 1.04. The number of para-hydroxylation sites is 2. The summed E-state index contributed by atoms with van der Waals surface area (Å²) < 4.78 is 14.2. The molecular formula is C6H5BO3. The average molecular weight is 136 g/mol. The predicted octanol–water partition coefficient (Wildman–Crippen LogP) is 0.736. The average Bonchev–Trinajstić information content (AvgIpc) is 1.94. The Morgan fingerprint density at radius 2 is 2.10 bits per heavy atom. The molecule has 1 N–H and O–H groups in total. The van der Waals surface area contributed by atoms with Gasteiger partial charge in [-0.15, -0.1) is 0 Å². The molecule has 0 radical (unpaired) electrons. The minimum atomic E-state index is -0.0328. The van der Waals surface area contributed by atoms with Crippen LogP contribution in [0.4, 0.5) is 0 Å². The van der Waals surface area contributed by atoms with Crippen LogP contribution >= 0.6 is 0 Å². The van der Waals surface area contributed by atoms with E-state index in [4.69, 9.17) is 5.11 Å². The van der Waals surface area contributed by atoms with Crippen molar-refractivity contribution >= 4 is 7.35 Å². The van der Waals surface area contributed by atoms with Crippen LogP contribution in [0.5, 0.6) is 11.5 Å². The molecule has 0 atom stereocenters. The van der Waals surface area contributed by atoms with Crippen molar-refractivity contribution < 1.29 is 14.5 Å². The topological polar surface area (TPSA) is 46.5 Å². The fourth-order valence-corrected chi connectivity index (χ4v) is 0.609. The van der Waals surface area contributed by atoms with Crippen LogP contribution in [-0.2, 0) is 4.70 Å². The molecule has 0 aliphatic carbocycles. The van der Waals surface area contributed by atoms with E-state index >= 15 is 0 Å². The van der Waals surface area contributed by atoms with Crippen LogP contribution in [0, 0.1) is 0 Å². The van der Waals surface area contributed by atoms with Gasteiger partial charge in [-0.3, -0.25) is 0 Å². The number of phenolic OH excluding ortho intramolecular Hbond substituents is 1. The SMILES string of the molecule is O=BOc1ccccc1O. The Balaban J connectivity index is 2.91. The van der Waals surface area contributed by atoms with Crippen molar-refractivity contribution in [3.63, 3.8) is 0 Å². The van der Waals surface area contributed by atoms with E-state index in [1.54, 1.807) is 12.1 Å². The number of hydrogen-bond donors (Lipinski definition) is 1. The molecular weight excluding hydrogens is 131 g/mol. The zero-order chi connectivity index (χ0) is 7.40. The summed E-state index contributed by atoms with van der Waals surface area (Å²) in [6.45, 7) is 0. The van der Waals surface area contributed by atoms with Gasteiger partial charge in [-0.05, 0) is 0 Å². The normalized spacial score (nSPS) is 8.40. The summed E-state index contributed by atoms with van der Waals surface area (Å²) in [6.07, 6.45) is 0. The molecule has 0 amide bonds. The zero-order valence-electron chi connectivity index (χ0n) is 5.15. The Kier molecular flexibility index (Phi) is 2.05. The first-order valence-corrected chi connectivity index (χ1v) is 2.73. The first-order chi connectivity index (χ1) is 4.84. The molecule has 0 heterocycles. The molecule has 0 saturated carbocycles. The number of rotatable bonds is 2. The van der Waals surface area contributed by atoms with Gasteiger partial charge in [0.05, 0.1) is 0 Å². The van der Waals surface area contributed by atoms with Crippen molar-refractivity contribution in [1.29, 1.82) is 0 Å². The first kappa shape index (κ1) is 6.80. The van der Waals surface area contributed by atoms with Crippen LogP contribution < -0.4 is 4.65 Å². The Morgan fingerprint density at radius 1 is 1.40 bits per heavy atom. The molecule has 1 aromatic carbocycles. The van der Waals surface area contributed by atoms with E-state index < -0.39 is 0 Å². The fourth-order valence-electron chi connectivity index (χ4n) is 0.609. The van der Waals surface area contributed by atoms with Crippen LogP contribution in [-0.4, -0.2) is 12.5 Å². The Morgan fingerprint density at radius 3 is 2.70 bits per heavy atom. The van der Waals surface area contributed by atoms with E-state index in [1.807, 2.05) is 0 Å². The predicted molar refractivity (Wildman–Crippen MR) is 35.2 cm³/mol. The maximum atomic E-state index is 9.79. The summed E-state index contributed by atoms with van der Waals surface area (Å²) in [5, 5.41) is 8.96. The second-order valence-electron chi connectivity index (χ2n) is 1.68. The summed E-state index contributed by atoms with van der Waals surface area (Å²) in [6, 6.07) is 6.26. The standard InChI is InChI=1S/C6H5BO3/c8-5-3-1-2-4-6(5)10-7-9/h1-4,8H. The number of aromatic hydroxyl groups is 1. The molecule has 3 nitrogen and oxygen atoms in total. The van der Waals surface area contributed by atoms with E-state index in [1.165, 1.54) is 12.1 Å². The summed E-state index contributed by atoms with van der Waals surface area (Å²) in [7, 11) is 0.273. The van der Waals surface area contributed by atoms with Gasteiger partial charge in [0.15, 0.2) is 0 Å². The Hall–Kier alpha value is -1.32. The molecule has 1 aromatic rings. The molecule has 0 bridgehead atoms. The third kappa shape index (κ3) is 1.34. The summed E-state index contributed by atoms with van der Waals surface area (Å²) in [5.74, 6) is 0.145. The molecule has 0 aromatic heterocycles. The quantitative estimate of drug-likeness (QED) is 0.609. The van der Waals surface area contributed by atoms with Crippen LogP contribution in [0.25, 0.3) is 0 Å². The number of phenols is 1. The minimum absolute atomic E-state index is 0.0328. The molecule has 10 heavy (non-hydrogen) atoms. The van der Waals surface area contributed by atoms with Gasteiger partial charge in [-0.2, -0.15) is 0 Å². The number of hydrogen-bond acceptors (Lipinski definition) is 3. The third-order valence-corrected chi connectivity index (χ3v) is 1.04. The molecule has 0 fully saturated rings. The molecule has 4 heteroatoms. The van der Waals surface area contributed by atoms with Gasteiger partial charge in [-0.1, -0.05) is 0 Å². The van der Waals surface area contributed by atoms with Crippen molar-refractivity contribution in [3.8, 4) is 11.5 Å². The summed E-state index contributed by atoms with van der Waals surface area (Å²) in [4.78, 5) is 0. The molecule has 1 rings (SSSR count). The van der Waals surface area contributed by atoms with Crippen LogP contribution in [0.2, 0.25) is 0 Å². The van der Waals surface area contributed by atoms with Crippen molar-refractivity contribution in [3.05, 3.63) is 24.3 Å². The van der Waals surface area contributed by atoms with E-state index in [-0.39, 0.29) is 18.9 Å². The van der Waals surface area contributed by atoms with Gasteiger partial charge in [0, 0.05) is 0 Å². The van der Waals surface area contributed by atoms with E-state index in [0.717, 1.165) is 0 Å². The van der Waals surface area contributed by atoms with Crippen LogP contribution in [0.15, 0.2) is 24.3 Å². The van der Waals surface area contributed by atoms with Gasteiger partial charge in [-0.25, -0.2) is 0 Å². The molecule has 0 aliphatic heterocycles. The second-order valence-corrected chi connectivity index (χ2v) is 1.68. The summed E-state index contributed by atoms with van der Waals surface area (Å²) >= 11 is 0. The van der Waals surface area contributed by atoms with Gasteiger partial charge in [0.2, 0.25) is 0 Å². The van der Waals surface area contributed by atoms with Gasteiger partial charge < -0.3 is 0 Å². The van der Waals surface area contributed by atoms with E-state index in [9.17, 15) is 4.70 Å². The fraction of sp³-hybridized carbons (Fsp3) is 0. The summed E-state index contributed by atoms with van der Waals surface area (Å²) in [5.41, 5.74) is 0. The molecule has 0 spiro atoms. The second kappa shape index (κ2) is 3.01. The van der Waals surface area contributed by atoms with E-state index in [2.05, 4.69) is 4.65 Å². The van der Waals surface area contributed by atoms with Crippen molar-refractivity contribution in [2.45, 2.75) is 0 Å². The molecule has 0 saturated heterocycles. The Labute approximate surface area is 58.5 Å². The van der Waals surface area contributed by atoms with Gasteiger partial charge in [0.1, 0.15) is 0 Å². The molecule has 0 unspecified atom stereocenters. The zero-order valence-corrected chi connectivity index (χ0v) is 5.15. The van der Waals surface area contributed by atoms with Crippen LogP contribution in [0.1, 0.15) is 0 Å². The number of benzene rings is 1. The van der Waals surface area contributed by atoms with Gasteiger partial charge >= 0.3 is 57.6 Å². The van der Waals surface area contributed by atoms with Crippen molar-refractivity contribution in [2.75, 3.05) is 0 Å². The van der Waals surface area contributed by atoms with E-state index in [0.29, 0.717) is 0 Å². The molecule has 50 valence electrons. The van der Waals surface area contributed by atoms with Gasteiger partial charge in [0.25, 0.3) is 0 Å². The first-order valence-electron chi connectivity index (χ1n) is 2.73. The van der Waals surface area contributed by atoms with Crippen molar-refractivity contribution in [2.24, 2.45) is 0 Å².